The molecule has 1 aromatic rings. The summed E-state index contributed by atoms with van der Waals surface area (Å²) in [5.74, 6) is 1.00. The van der Waals surface area contributed by atoms with Crippen molar-refractivity contribution in [1.82, 2.24) is 10.2 Å². The SMILES string of the molecule is COCc1c(N2CCC(N)C2)n[nH]c1C. The van der Waals surface area contributed by atoms with Gasteiger partial charge in [0.25, 0.3) is 0 Å². The third-order valence-electron chi connectivity index (χ3n) is 2.87. The van der Waals surface area contributed by atoms with E-state index in [0.717, 1.165) is 36.6 Å². The van der Waals surface area contributed by atoms with Crippen molar-refractivity contribution in [2.45, 2.75) is 26.0 Å². The number of anilines is 1. The van der Waals surface area contributed by atoms with Crippen LogP contribution in [0, 0.1) is 6.92 Å². The lowest BCUT2D eigenvalue weighted by molar-refractivity contribution is 0.184. The Kier molecular flexibility index (Phi) is 2.93. The second-order valence-corrected chi connectivity index (χ2v) is 4.08. The van der Waals surface area contributed by atoms with Crippen molar-refractivity contribution < 1.29 is 4.74 Å². The summed E-state index contributed by atoms with van der Waals surface area (Å²) in [7, 11) is 1.70. The number of aromatic amines is 1. The first-order chi connectivity index (χ1) is 7.22. The van der Waals surface area contributed by atoms with Gasteiger partial charge in [-0.1, -0.05) is 0 Å². The molecule has 0 aromatic carbocycles. The van der Waals surface area contributed by atoms with E-state index in [-0.39, 0.29) is 6.04 Å². The second kappa shape index (κ2) is 4.20. The Morgan fingerprint density at radius 1 is 1.67 bits per heavy atom. The van der Waals surface area contributed by atoms with Crippen molar-refractivity contribution in [3.8, 4) is 0 Å². The maximum Gasteiger partial charge on any atom is 0.156 e. The number of nitrogens with one attached hydrogen (secondary N) is 1. The third kappa shape index (κ3) is 1.98. The van der Waals surface area contributed by atoms with Crippen molar-refractivity contribution in [3.05, 3.63) is 11.3 Å². The zero-order valence-electron chi connectivity index (χ0n) is 9.29. The minimum atomic E-state index is 0.275. The quantitative estimate of drug-likeness (QED) is 0.758. The van der Waals surface area contributed by atoms with E-state index >= 15 is 0 Å². The number of aryl methyl sites for hydroxylation is 1. The van der Waals surface area contributed by atoms with Crippen LogP contribution < -0.4 is 10.6 Å². The molecule has 3 N–H and O–H groups in total. The van der Waals surface area contributed by atoms with Gasteiger partial charge in [-0.15, -0.1) is 0 Å². The van der Waals surface area contributed by atoms with Crippen LogP contribution in [0.25, 0.3) is 0 Å². The van der Waals surface area contributed by atoms with E-state index in [1.807, 2.05) is 6.92 Å². The Morgan fingerprint density at radius 3 is 3.07 bits per heavy atom. The molecule has 1 aliphatic rings. The summed E-state index contributed by atoms with van der Waals surface area (Å²) in [6.45, 7) is 4.49. The summed E-state index contributed by atoms with van der Waals surface area (Å²) in [5.41, 5.74) is 8.10. The highest BCUT2D eigenvalue weighted by molar-refractivity contribution is 5.49. The standard InChI is InChI=1S/C10H18N4O/c1-7-9(6-15-2)10(13-12-7)14-4-3-8(11)5-14/h8H,3-6,11H2,1-2H3,(H,12,13). The number of H-pyrrole nitrogens is 1. The van der Waals surface area contributed by atoms with Gasteiger partial charge in [0.15, 0.2) is 5.82 Å². The second-order valence-electron chi connectivity index (χ2n) is 4.08. The zero-order valence-corrected chi connectivity index (χ0v) is 9.29. The highest BCUT2D eigenvalue weighted by Crippen LogP contribution is 2.24. The van der Waals surface area contributed by atoms with E-state index in [2.05, 4.69) is 15.1 Å². The molecule has 0 radical (unpaired) electrons. The fourth-order valence-corrected chi connectivity index (χ4v) is 2.00. The molecule has 2 heterocycles. The lowest BCUT2D eigenvalue weighted by Gasteiger charge is -2.16. The average molecular weight is 210 g/mol. The lowest BCUT2D eigenvalue weighted by atomic mass is 10.2. The van der Waals surface area contributed by atoms with Gasteiger partial charge in [0.05, 0.1) is 6.61 Å². The van der Waals surface area contributed by atoms with Gasteiger partial charge in [0, 0.05) is 37.5 Å². The van der Waals surface area contributed by atoms with Crippen LogP contribution in [-0.4, -0.2) is 36.4 Å². The fraction of sp³-hybridized carbons (Fsp3) is 0.700. The van der Waals surface area contributed by atoms with Gasteiger partial charge in [-0.05, 0) is 13.3 Å². The van der Waals surface area contributed by atoms with Crippen LogP contribution in [0.2, 0.25) is 0 Å². The Balaban J connectivity index is 2.20. The van der Waals surface area contributed by atoms with Crippen molar-refractivity contribution >= 4 is 5.82 Å². The van der Waals surface area contributed by atoms with E-state index in [4.69, 9.17) is 10.5 Å². The number of ether oxygens (including phenoxy) is 1. The molecule has 1 unspecified atom stereocenters. The zero-order chi connectivity index (χ0) is 10.8. The van der Waals surface area contributed by atoms with Crippen LogP contribution in [0.5, 0.6) is 0 Å². The summed E-state index contributed by atoms with van der Waals surface area (Å²) in [5, 5.41) is 7.32. The molecule has 1 aliphatic heterocycles. The summed E-state index contributed by atoms with van der Waals surface area (Å²) < 4.78 is 5.18. The fourth-order valence-electron chi connectivity index (χ4n) is 2.00. The minimum absolute atomic E-state index is 0.275. The highest BCUT2D eigenvalue weighted by Gasteiger charge is 2.24. The van der Waals surface area contributed by atoms with Crippen molar-refractivity contribution in [3.63, 3.8) is 0 Å². The summed E-state index contributed by atoms with van der Waals surface area (Å²) in [6.07, 6.45) is 1.04. The van der Waals surface area contributed by atoms with E-state index in [1.165, 1.54) is 0 Å². The molecule has 15 heavy (non-hydrogen) atoms. The first kappa shape index (κ1) is 10.4. The lowest BCUT2D eigenvalue weighted by Crippen LogP contribution is -2.27. The van der Waals surface area contributed by atoms with Crippen molar-refractivity contribution in [2.75, 3.05) is 25.1 Å². The molecular formula is C10H18N4O. The molecule has 0 spiro atoms. The molecule has 1 aromatic heterocycles. The van der Waals surface area contributed by atoms with Gasteiger partial charge >= 0.3 is 0 Å². The first-order valence-corrected chi connectivity index (χ1v) is 5.25. The van der Waals surface area contributed by atoms with E-state index in [9.17, 15) is 0 Å². The maximum atomic E-state index is 5.88. The maximum absolute atomic E-state index is 5.88. The number of nitrogens with zero attached hydrogens (tertiary/aromatic N) is 2. The van der Waals surface area contributed by atoms with E-state index in [1.54, 1.807) is 7.11 Å². The van der Waals surface area contributed by atoms with Gasteiger partial charge in [-0.25, -0.2) is 0 Å². The number of nitrogens with two attached hydrogens (primary N) is 1. The predicted octanol–water partition coefficient (Wildman–Crippen LogP) is 0.402. The number of hydrogen-bond donors (Lipinski definition) is 2. The van der Waals surface area contributed by atoms with Gasteiger partial charge in [-0.3, -0.25) is 5.10 Å². The Bertz CT molecular complexity index is 336. The number of hydrogen-bond acceptors (Lipinski definition) is 4. The normalized spacial score (nSPS) is 21.3. The van der Waals surface area contributed by atoms with Gasteiger partial charge in [0.1, 0.15) is 0 Å². The van der Waals surface area contributed by atoms with Crippen molar-refractivity contribution in [1.29, 1.82) is 0 Å². The largest absolute Gasteiger partial charge is 0.380 e. The smallest absolute Gasteiger partial charge is 0.156 e. The van der Waals surface area contributed by atoms with Crippen LogP contribution in [0.1, 0.15) is 17.7 Å². The summed E-state index contributed by atoms with van der Waals surface area (Å²) in [4.78, 5) is 2.22. The van der Waals surface area contributed by atoms with E-state index in [0.29, 0.717) is 6.61 Å². The highest BCUT2D eigenvalue weighted by atomic mass is 16.5. The van der Waals surface area contributed by atoms with Gasteiger partial charge in [-0.2, -0.15) is 5.10 Å². The molecule has 0 saturated carbocycles. The van der Waals surface area contributed by atoms with Crippen molar-refractivity contribution in [2.24, 2.45) is 5.73 Å². The molecule has 0 amide bonds. The molecule has 1 saturated heterocycles. The molecule has 5 nitrogen and oxygen atoms in total. The molecule has 5 heteroatoms. The first-order valence-electron chi connectivity index (χ1n) is 5.25. The summed E-state index contributed by atoms with van der Waals surface area (Å²) >= 11 is 0. The molecule has 0 bridgehead atoms. The summed E-state index contributed by atoms with van der Waals surface area (Å²) in [6, 6.07) is 0.275. The van der Waals surface area contributed by atoms with E-state index < -0.39 is 0 Å². The molecule has 0 aliphatic carbocycles. The van der Waals surface area contributed by atoms with Crippen LogP contribution in [0.3, 0.4) is 0 Å². The van der Waals surface area contributed by atoms with Crippen LogP contribution in [-0.2, 0) is 11.3 Å². The Hall–Kier alpha value is -1.07. The molecule has 2 rings (SSSR count). The van der Waals surface area contributed by atoms with Gasteiger partial charge in [0.2, 0.25) is 0 Å². The van der Waals surface area contributed by atoms with Crippen LogP contribution in [0.4, 0.5) is 5.82 Å². The molecular weight excluding hydrogens is 192 g/mol. The van der Waals surface area contributed by atoms with Crippen LogP contribution in [0.15, 0.2) is 0 Å². The Labute approximate surface area is 89.6 Å². The molecule has 84 valence electrons. The third-order valence-corrected chi connectivity index (χ3v) is 2.87. The monoisotopic (exact) mass is 210 g/mol. The molecule has 1 atom stereocenters. The Morgan fingerprint density at radius 2 is 2.47 bits per heavy atom. The topological polar surface area (TPSA) is 67.2 Å². The van der Waals surface area contributed by atoms with Gasteiger partial charge < -0.3 is 15.4 Å². The number of methoxy groups -OCH3 is 1. The van der Waals surface area contributed by atoms with Crippen LogP contribution >= 0.6 is 0 Å². The average Bonchev–Trinajstić information content (AvgIpc) is 2.76. The number of aromatic nitrogens is 2. The number of rotatable bonds is 3. The minimum Gasteiger partial charge on any atom is -0.380 e. The predicted molar refractivity (Wildman–Crippen MR) is 58.8 cm³/mol. The molecule has 1 fully saturated rings.